The lowest BCUT2D eigenvalue weighted by atomic mass is 9.89. The summed E-state index contributed by atoms with van der Waals surface area (Å²) < 4.78 is 0. The van der Waals surface area contributed by atoms with E-state index in [-0.39, 0.29) is 36.4 Å². The summed E-state index contributed by atoms with van der Waals surface area (Å²) in [7, 11) is 0. The number of carbonyl (C=O) groups excluding carboxylic acids is 1. The molecule has 2 aromatic carbocycles. The minimum atomic E-state index is -0.171. The number of amides is 1. The van der Waals surface area contributed by atoms with Crippen LogP contribution in [-0.4, -0.2) is 41.7 Å². The summed E-state index contributed by atoms with van der Waals surface area (Å²) in [5.74, 6) is 0.258. The first-order chi connectivity index (χ1) is 12.6. The van der Waals surface area contributed by atoms with Crippen molar-refractivity contribution in [2.24, 2.45) is 11.8 Å². The molecule has 1 heterocycles. The van der Waals surface area contributed by atoms with E-state index in [1.807, 2.05) is 26.0 Å². The van der Waals surface area contributed by atoms with Gasteiger partial charge in [0.1, 0.15) is 0 Å². The van der Waals surface area contributed by atoms with Crippen LogP contribution in [0.4, 0.5) is 0 Å². The quantitative estimate of drug-likeness (QED) is 0.806. The highest BCUT2D eigenvalue weighted by atomic mass is 16.3. The van der Waals surface area contributed by atoms with Crippen LogP contribution in [0.15, 0.2) is 60.7 Å². The molecule has 1 fully saturated rings. The van der Waals surface area contributed by atoms with Gasteiger partial charge in [-0.1, -0.05) is 74.5 Å². The van der Waals surface area contributed by atoms with Gasteiger partial charge in [0.2, 0.25) is 5.91 Å². The van der Waals surface area contributed by atoms with Crippen molar-refractivity contribution in [1.82, 2.24) is 10.2 Å². The third kappa shape index (κ3) is 4.14. The third-order valence-electron chi connectivity index (χ3n) is 5.21. The summed E-state index contributed by atoms with van der Waals surface area (Å²) in [6.07, 6.45) is 0. The fraction of sp³-hybridized carbons (Fsp3) is 0.409. The zero-order chi connectivity index (χ0) is 18.5. The zero-order valence-electron chi connectivity index (χ0n) is 15.5. The first kappa shape index (κ1) is 18.6. The molecule has 4 heteroatoms. The number of nitrogens with zero attached hydrogens (tertiary/aromatic N) is 1. The Labute approximate surface area is 155 Å². The van der Waals surface area contributed by atoms with Gasteiger partial charge in [0.05, 0.1) is 24.6 Å². The maximum Gasteiger partial charge on any atom is 0.226 e. The summed E-state index contributed by atoms with van der Waals surface area (Å²) >= 11 is 0. The number of likely N-dealkylation sites (tertiary alicyclic amines) is 1. The highest BCUT2D eigenvalue weighted by molar-refractivity contribution is 5.80. The van der Waals surface area contributed by atoms with Crippen LogP contribution in [0, 0.1) is 11.8 Å². The smallest absolute Gasteiger partial charge is 0.226 e. The molecule has 0 saturated carbocycles. The molecule has 2 aromatic rings. The molecule has 26 heavy (non-hydrogen) atoms. The number of aliphatic hydroxyl groups is 1. The number of rotatable bonds is 7. The number of aliphatic hydroxyl groups excluding tert-OH is 1. The highest BCUT2D eigenvalue weighted by Gasteiger charge is 2.38. The average molecular weight is 352 g/mol. The first-order valence-electron chi connectivity index (χ1n) is 9.35. The average Bonchev–Trinajstić information content (AvgIpc) is 2.63. The molecule has 2 N–H and O–H groups in total. The van der Waals surface area contributed by atoms with E-state index < -0.39 is 0 Å². The van der Waals surface area contributed by atoms with Gasteiger partial charge in [-0.05, 0) is 17.0 Å². The second-order valence-electron chi connectivity index (χ2n) is 7.42. The predicted molar refractivity (Wildman–Crippen MR) is 104 cm³/mol. The van der Waals surface area contributed by atoms with E-state index in [1.54, 1.807) is 0 Å². The molecule has 1 atom stereocenters. The Hall–Kier alpha value is -2.17. The van der Waals surface area contributed by atoms with Crippen LogP contribution >= 0.6 is 0 Å². The molecule has 1 amide bonds. The van der Waals surface area contributed by atoms with Crippen molar-refractivity contribution in [3.8, 4) is 0 Å². The van der Waals surface area contributed by atoms with Crippen molar-refractivity contribution in [1.29, 1.82) is 0 Å². The molecule has 0 radical (unpaired) electrons. The van der Waals surface area contributed by atoms with Gasteiger partial charge in [0.15, 0.2) is 0 Å². The third-order valence-corrected chi connectivity index (χ3v) is 5.21. The lowest BCUT2D eigenvalue weighted by Gasteiger charge is -2.44. The molecule has 4 nitrogen and oxygen atoms in total. The Kier molecular flexibility index (Phi) is 6.07. The second-order valence-corrected chi connectivity index (χ2v) is 7.42. The van der Waals surface area contributed by atoms with E-state index in [1.165, 1.54) is 11.1 Å². The van der Waals surface area contributed by atoms with Crippen LogP contribution in [0.1, 0.15) is 31.0 Å². The Morgan fingerprint density at radius 2 is 1.54 bits per heavy atom. The predicted octanol–water partition coefficient (Wildman–Crippen LogP) is 2.84. The molecular weight excluding hydrogens is 324 g/mol. The molecule has 1 aliphatic rings. The number of nitrogens with one attached hydrogen (secondary N) is 1. The van der Waals surface area contributed by atoms with Gasteiger partial charge in [-0.15, -0.1) is 0 Å². The fourth-order valence-corrected chi connectivity index (χ4v) is 3.50. The lowest BCUT2D eigenvalue weighted by Crippen LogP contribution is -2.57. The van der Waals surface area contributed by atoms with Crippen LogP contribution in [0.3, 0.4) is 0 Å². The summed E-state index contributed by atoms with van der Waals surface area (Å²) in [5.41, 5.74) is 2.49. The second kappa shape index (κ2) is 8.47. The largest absolute Gasteiger partial charge is 0.394 e. The monoisotopic (exact) mass is 352 g/mol. The van der Waals surface area contributed by atoms with Crippen LogP contribution < -0.4 is 5.32 Å². The molecule has 0 spiro atoms. The van der Waals surface area contributed by atoms with E-state index >= 15 is 0 Å². The molecule has 1 saturated heterocycles. The van der Waals surface area contributed by atoms with Crippen molar-refractivity contribution >= 4 is 5.91 Å². The number of hydrogen-bond acceptors (Lipinski definition) is 3. The fourth-order valence-electron chi connectivity index (χ4n) is 3.50. The van der Waals surface area contributed by atoms with Crippen molar-refractivity contribution in [2.75, 3.05) is 19.7 Å². The van der Waals surface area contributed by atoms with Gasteiger partial charge >= 0.3 is 0 Å². The molecule has 138 valence electrons. The van der Waals surface area contributed by atoms with Crippen LogP contribution in [0.5, 0.6) is 0 Å². The van der Waals surface area contributed by atoms with E-state index in [0.29, 0.717) is 0 Å². The standard InChI is InChI=1S/C22H28N2O2/c1-16(2)20(15-25)23-22(26)19-13-24(14-19)21(17-9-5-3-6-10-17)18-11-7-4-8-12-18/h3-12,16,19-21,25H,13-15H2,1-2H3,(H,23,26). The Bertz CT molecular complexity index is 657. The van der Waals surface area contributed by atoms with Gasteiger partial charge < -0.3 is 10.4 Å². The molecule has 0 aliphatic carbocycles. The minimum absolute atomic E-state index is 0.0160. The van der Waals surface area contributed by atoms with Crippen molar-refractivity contribution in [3.05, 3.63) is 71.8 Å². The number of hydrogen-bond donors (Lipinski definition) is 2. The van der Waals surface area contributed by atoms with Crippen LogP contribution in [0.2, 0.25) is 0 Å². The molecular formula is C22H28N2O2. The van der Waals surface area contributed by atoms with Crippen molar-refractivity contribution < 1.29 is 9.90 Å². The molecule has 0 aromatic heterocycles. The summed E-state index contributed by atoms with van der Waals surface area (Å²) in [5, 5.41) is 12.4. The normalized spacial score (nSPS) is 16.5. The molecule has 1 unspecified atom stereocenters. The Morgan fingerprint density at radius 3 is 1.96 bits per heavy atom. The van der Waals surface area contributed by atoms with Gasteiger partial charge in [-0.2, -0.15) is 0 Å². The number of carbonyl (C=O) groups is 1. The number of benzene rings is 2. The Morgan fingerprint density at radius 1 is 1.04 bits per heavy atom. The van der Waals surface area contributed by atoms with Gasteiger partial charge in [-0.25, -0.2) is 0 Å². The highest BCUT2D eigenvalue weighted by Crippen LogP contribution is 2.34. The topological polar surface area (TPSA) is 52.6 Å². The van der Waals surface area contributed by atoms with Gasteiger partial charge in [-0.3, -0.25) is 9.69 Å². The van der Waals surface area contributed by atoms with Gasteiger partial charge in [0, 0.05) is 13.1 Å². The minimum Gasteiger partial charge on any atom is -0.394 e. The van der Waals surface area contributed by atoms with Crippen molar-refractivity contribution in [2.45, 2.75) is 25.9 Å². The summed E-state index contributed by atoms with van der Waals surface area (Å²) in [4.78, 5) is 14.8. The van der Waals surface area contributed by atoms with E-state index in [2.05, 4.69) is 58.7 Å². The SMILES string of the molecule is CC(C)C(CO)NC(=O)C1CN(C(c2ccccc2)c2ccccc2)C1. The van der Waals surface area contributed by atoms with Crippen LogP contribution in [-0.2, 0) is 4.79 Å². The molecule has 0 bridgehead atoms. The maximum absolute atomic E-state index is 12.5. The van der Waals surface area contributed by atoms with Gasteiger partial charge in [0.25, 0.3) is 0 Å². The zero-order valence-corrected chi connectivity index (χ0v) is 15.5. The van der Waals surface area contributed by atoms with E-state index in [0.717, 1.165) is 13.1 Å². The summed E-state index contributed by atoms with van der Waals surface area (Å²) in [6, 6.07) is 20.9. The van der Waals surface area contributed by atoms with E-state index in [4.69, 9.17) is 0 Å². The first-order valence-corrected chi connectivity index (χ1v) is 9.35. The Balaban J connectivity index is 1.69. The van der Waals surface area contributed by atoms with Crippen LogP contribution in [0.25, 0.3) is 0 Å². The van der Waals surface area contributed by atoms with E-state index in [9.17, 15) is 9.90 Å². The molecule has 3 rings (SSSR count). The lowest BCUT2D eigenvalue weighted by molar-refractivity contribution is -0.132. The maximum atomic E-state index is 12.5. The van der Waals surface area contributed by atoms with Crippen molar-refractivity contribution in [3.63, 3.8) is 0 Å². The summed E-state index contributed by atoms with van der Waals surface area (Å²) in [6.45, 7) is 5.47. The molecule has 1 aliphatic heterocycles.